The topological polar surface area (TPSA) is 21.3 Å². The molecule has 1 saturated carbocycles. The summed E-state index contributed by atoms with van der Waals surface area (Å²) >= 11 is 0. The molecule has 116 valence electrons. The lowest BCUT2D eigenvalue weighted by atomic mass is 9.79. The molecule has 0 spiro atoms. The van der Waals surface area contributed by atoms with E-state index in [0.29, 0.717) is 12.1 Å². The van der Waals surface area contributed by atoms with Gasteiger partial charge in [-0.05, 0) is 62.1 Å². The second kappa shape index (κ2) is 7.42. The maximum atomic E-state index is 6.04. The van der Waals surface area contributed by atoms with Crippen LogP contribution in [0.4, 0.5) is 0 Å². The highest BCUT2D eigenvalue weighted by Gasteiger charge is 2.26. The van der Waals surface area contributed by atoms with Crippen LogP contribution in [0.1, 0.15) is 75.0 Å². The molecular weight excluding hydrogens is 258 g/mol. The molecule has 0 amide bonds. The molecule has 0 radical (unpaired) electrons. The van der Waals surface area contributed by atoms with Crippen LogP contribution in [0.15, 0.2) is 24.3 Å². The lowest BCUT2D eigenvalue weighted by molar-refractivity contribution is -0.00815. The van der Waals surface area contributed by atoms with Crippen molar-refractivity contribution < 1.29 is 4.74 Å². The normalized spacial score (nSPS) is 24.5. The van der Waals surface area contributed by atoms with Crippen LogP contribution in [0, 0.1) is 0 Å². The van der Waals surface area contributed by atoms with Crippen molar-refractivity contribution in [2.24, 2.45) is 0 Å². The van der Waals surface area contributed by atoms with E-state index in [1.165, 1.54) is 56.1 Å². The van der Waals surface area contributed by atoms with Crippen LogP contribution in [0.25, 0.3) is 0 Å². The van der Waals surface area contributed by atoms with E-state index in [-0.39, 0.29) is 0 Å². The van der Waals surface area contributed by atoms with Gasteiger partial charge in [-0.25, -0.2) is 0 Å². The average molecular weight is 287 g/mol. The Kier molecular flexibility index (Phi) is 5.32. The summed E-state index contributed by atoms with van der Waals surface area (Å²) in [5.74, 6) is 0.826. The highest BCUT2D eigenvalue weighted by Crippen LogP contribution is 2.37. The highest BCUT2D eigenvalue weighted by molar-refractivity contribution is 5.29. The molecule has 1 saturated heterocycles. The Labute approximate surface area is 129 Å². The number of nitrogens with one attached hydrogen (secondary N) is 1. The SMILES string of the molecule is CCCNC(c1ccc(C2CCC2)cc1)C1CCCCO1. The van der Waals surface area contributed by atoms with Gasteiger partial charge < -0.3 is 10.1 Å². The van der Waals surface area contributed by atoms with Crippen molar-refractivity contribution in [2.45, 2.75) is 69.9 Å². The molecule has 1 aromatic rings. The third kappa shape index (κ3) is 3.67. The zero-order valence-corrected chi connectivity index (χ0v) is 13.3. The zero-order valence-electron chi connectivity index (χ0n) is 13.3. The van der Waals surface area contributed by atoms with Crippen molar-refractivity contribution in [2.75, 3.05) is 13.2 Å². The minimum Gasteiger partial charge on any atom is -0.376 e. The van der Waals surface area contributed by atoms with Gasteiger partial charge in [0.1, 0.15) is 0 Å². The van der Waals surface area contributed by atoms with Crippen molar-refractivity contribution in [3.63, 3.8) is 0 Å². The zero-order chi connectivity index (χ0) is 14.5. The van der Waals surface area contributed by atoms with Crippen LogP contribution in [0.2, 0.25) is 0 Å². The maximum absolute atomic E-state index is 6.04. The van der Waals surface area contributed by atoms with E-state index in [0.717, 1.165) is 19.1 Å². The van der Waals surface area contributed by atoms with E-state index in [4.69, 9.17) is 4.74 Å². The van der Waals surface area contributed by atoms with Crippen molar-refractivity contribution >= 4 is 0 Å². The van der Waals surface area contributed by atoms with Gasteiger partial charge in [0.25, 0.3) is 0 Å². The number of ether oxygens (including phenoxy) is 1. The predicted octanol–water partition coefficient (Wildman–Crippen LogP) is 4.56. The molecule has 2 fully saturated rings. The summed E-state index contributed by atoms with van der Waals surface area (Å²) < 4.78 is 6.04. The van der Waals surface area contributed by atoms with Crippen LogP contribution in [-0.4, -0.2) is 19.3 Å². The van der Waals surface area contributed by atoms with Gasteiger partial charge in [0.15, 0.2) is 0 Å². The molecule has 1 N–H and O–H groups in total. The lowest BCUT2D eigenvalue weighted by Gasteiger charge is -2.32. The first-order valence-corrected chi connectivity index (χ1v) is 8.83. The van der Waals surface area contributed by atoms with Gasteiger partial charge in [-0.1, -0.05) is 37.6 Å². The Balaban J connectivity index is 1.71. The molecule has 2 nitrogen and oxygen atoms in total. The van der Waals surface area contributed by atoms with E-state index >= 15 is 0 Å². The maximum Gasteiger partial charge on any atom is 0.0769 e. The first kappa shape index (κ1) is 15.1. The number of hydrogen-bond acceptors (Lipinski definition) is 2. The average Bonchev–Trinajstić information content (AvgIpc) is 2.49. The molecule has 1 aliphatic heterocycles. The summed E-state index contributed by atoms with van der Waals surface area (Å²) in [6.45, 7) is 4.22. The van der Waals surface area contributed by atoms with Crippen molar-refractivity contribution in [3.8, 4) is 0 Å². The van der Waals surface area contributed by atoms with Crippen molar-refractivity contribution in [1.29, 1.82) is 0 Å². The summed E-state index contributed by atoms with van der Waals surface area (Å²) in [5, 5.41) is 3.71. The standard InChI is InChI=1S/C19H29NO/c1-2-13-20-19(18-8-3-4-14-21-18)17-11-9-16(10-12-17)15-6-5-7-15/h9-12,15,18-20H,2-8,13-14H2,1H3. The van der Waals surface area contributed by atoms with Gasteiger partial charge in [0.2, 0.25) is 0 Å². The van der Waals surface area contributed by atoms with Gasteiger partial charge in [0.05, 0.1) is 12.1 Å². The predicted molar refractivity (Wildman–Crippen MR) is 87.7 cm³/mol. The van der Waals surface area contributed by atoms with Gasteiger partial charge in [-0.2, -0.15) is 0 Å². The molecule has 1 aliphatic carbocycles. The molecule has 2 unspecified atom stereocenters. The minimum absolute atomic E-state index is 0.347. The molecule has 3 rings (SSSR count). The number of rotatable bonds is 6. The first-order valence-electron chi connectivity index (χ1n) is 8.83. The molecule has 2 heteroatoms. The Bertz CT molecular complexity index is 418. The van der Waals surface area contributed by atoms with Crippen LogP contribution in [-0.2, 0) is 4.74 Å². The molecule has 2 atom stereocenters. The molecule has 1 heterocycles. The van der Waals surface area contributed by atoms with E-state index in [2.05, 4.69) is 36.5 Å². The Hall–Kier alpha value is -0.860. The second-order valence-corrected chi connectivity index (χ2v) is 6.63. The lowest BCUT2D eigenvalue weighted by Crippen LogP contribution is -2.36. The van der Waals surface area contributed by atoms with Crippen molar-refractivity contribution in [1.82, 2.24) is 5.32 Å². The summed E-state index contributed by atoms with van der Waals surface area (Å²) in [6, 6.07) is 9.73. The minimum atomic E-state index is 0.347. The van der Waals surface area contributed by atoms with Crippen molar-refractivity contribution in [3.05, 3.63) is 35.4 Å². The highest BCUT2D eigenvalue weighted by atomic mass is 16.5. The molecule has 1 aromatic carbocycles. The first-order chi connectivity index (χ1) is 10.4. The summed E-state index contributed by atoms with van der Waals surface area (Å²) in [5.41, 5.74) is 2.93. The van der Waals surface area contributed by atoms with Gasteiger partial charge >= 0.3 is 0 Å². The molecular formula is C19H29NO. The van der Waals surface area contributed by atoms with E-state index in [9.17, 15) is 0 Å². The summed E-state index contributed by atoms with van der Waals surface area (Å²) in [7, 11) is 0. The molecule has 2 aliphatic rings. The largest absolute Gasteiger partial charge is 0.376 e. The van der Waals surface area contributed by atoms with E-state index in [1.54, 1.807) is 0 Å². The van der Waals surface area contributed by atoms with Gasteiger partial charge in [-0.3, -0.25) is 0 Å². The molecule has 21 heavy (non-hydrogen) atoms. The van der Waals surface area contributed by atoms with Crippen LogP contribution in [0.3, 0.4) is 0 Å². The van der Waals surface area contributed by atoms with Crippen LogP contribution < -0.4 is 5.32 Å². The Morgan fingerprint density at radius 3 is 2.48 bits per heavy atom. The van der Waals surface area contributed by atoms with E-state index in [1.807, 2.05) is 0 Å². The summed E-state index contributed by atoms with van der Waals surface area (Å²) in [6.07, 6.45) is 9.38. The van der Waals surface area contributed by atoms with Gasteiger partial charge in [-0.15, -0.1) is 0 Å². The van der Waals surface area contributed by atoms with Crippen LogP contribution >= 0.6 is 0 Å². The number of benzene rings is 1. The third-order valence-corrected chi connectivity index (χ3v) is 5.07. The molecule has 0 bridgehead atoms. The fourth-order valence-corrected chi connectivity index (χ4v) is 3.51. The second-order valence-electron chi connectivity index (χ2n) is 6.63. The fourth-order valence-electron chi connectivity index (χ4n) is 3.51. The quantitative estimate of drug-likeness (QED) is 0.828. The fraction of sp³-hybridized carbons (Fsp3) is 0.684. The number of hydrogen-bond donors (Lipinski definition) is 1. The monoisotopic (exact) mass is 287 g/mol. The van der Waals surface area contributed by atoms with Crippen LogP contribution in [0.5, 0.6) is 0 Å². The summed E-state index contributed by atoms with van der Waals surface area (Å²) in [4.78, 5) is 0. The van der Waals surface area contributed by atoms with Gasteiger partial charge in [0, 0.05) is 6.61 Å². The molecule has 0 aromatic heterocycles. The Morgan fingerprint density at radius 2 is 1.90 bits per heavy atom. The Morgan fingerprint density at radius 1 is 1.10 bits per heavy atom. The third-order valence-electron chi connectivity index (χ3n) is 5.07. The smallest absolute Gasteiger partial charge is 0.0769 e. The van der Waals surface area contributed by atoms with E-state index < -0.39 is 0 Å².